The van der Waals surface area contributed by atoms with Gasteiger partial charge in [0.1, 0.15) is 18.5 Å². The molecule has 0 radical (unpaired) electrons. The molecular formula is C28H36N6O3. The third-order valence-corrected chi connectivity index (χ3v) is 6.44. The molecule has 1 aliphatic rings. The van der Waals surface area contributed by atoms with Crippen molar-refractivity contribution in [3.05, 3.63) is 72.3 Å². The zero-order valence-corrected chi connectivity index (χ0v) is 21.2. The summed E-state index contributed by atoms with van der Waals surface area (Å²) in [5.74, 6) is 0.759. The van der Waals surface area contributed by atoms with Gasteiger partial charge in [-0.3, -0.25) is 9.88 Å². The molecular weight excluding hydrogens is 468 g/mol. The minimum absolute atomic E-state index is 0.464. The number of aromatic nitrogens is 3. The van der Waals surface area contributed by atoms with Gasteiger partial charge in [-0.25, -0.2) is 14.8 Å². The summed E-state index contributed by atoms with van der Waals surface area (Å²) in [5, 5.41) is 16.2. The number of ether oxygens (including phenoxy) is 1. The molecule has 0 aromatic carbocycles. The number of nitrogens with zero attached hydrogens (tertiary/aromatic N) is 4. The molecule has 0 aliphatic carbocycles. The van der Waals surface area contributed by atoms with Gasteiger partial charge in [-0.15, -0.1) is 0 Å². The Balaban J connectivity index is 1.28. The molecule has 1 aliphatic heterocycles. The van der Waals surface area contributed by atoms with Crippen molar-refractivity contribution < 1.29 is 14.6 Å². The SMILES string of the molecule is O=C(O)[C@H](CCN(CCCCc1ccc2c(n1)NCCC2)CCOc1ccccn1)Nc1cccnc1. The predicted octanol–water partition coefficient (Wildman–Crippen LogP) is 3.89. The largest absolute Gasteiger partial charge is 0.480 e. The summed E-state index contributed by atoms with van der Waals surface area (Å²) >= 11 is 0. The maximum atomic E-state index is 11.9. The topological polar surface area (TPSA) is 112 Å². The zero-order chi connectivity index (χ0) is 25.7. The average molecular weight is 505 g/mol. The van der Waals surface area contributed by atoms with Gasteiger partial charge in [0.2, 0.25) is 5.88 Å². The smallest absolute Gasteiger partial charge is 0.326 e. The van der Waals surface area contributed by atoms with Gasteiger partial charge in [-0.05, 0) is 74.9 Å². The molecule has 0 spiro atoms. The van der Waals surface area contributed by atoms with Gasteiger partial charge in [-0.1, -0.05) is 12.1 Å². The highest BCUT2D eigenvalue weighted by molar-refractivity contribution is 5.77. The second-order valence-corrected chi connectivity index (χ2v) is 9.22. The van der Waals surface area contributed by atoms with Crippen molar-refractivity contribution >= 4 is 17.5 Å². The minimum Gasteiger partial charge on any atom is -0.480 e. The van der Waals surface area contributed by atoms with Crippen molar-refractivity contribution in [1.82, 2.24) is 19.9 Å². The molecule has 0 bridgehead atoms. The van der Waals surface area contributed by atoms with Crippen LogP contribution in [0.15, 0.2) is 61.1 Å². The summed E-state index contributed by atoms with van der Waals surface area (Å²) in [4.78, 5) is 27.2. The fourth-order valence-electron chi connectivity index (χ4n) is 4.42. The van der Waals surface area contributed by atoms with Crippen LogP contribution < -0.4 is 15.4 Å². The summed E-state index contributed by atoms with van der Waals surface area (Å²) in [6.45, 7) is 3.66. The highest BCUT2D eigenvalue weighted by Gasteiger charge is 2.19. The molecule has 196 valence electrons. The zero-order valence-electron chi connectivity index (χ0n) is 21.2. The van der Waals surface area contributed by atoms with Gasteiger partial charge < -0.3 is 20.5 Å². The number of pyridine rings is 3. The number of unbranched alkanes of at least 4 members (excludes halogenated alkanes) is 1. The van der Waals surface area contributed by atoms with Crippen LogP contribution >= 0.6 is 0 Å². The molecule has 4 heterocycles. The second kappa shape index (κ2) is 14.1. The number of carbonyl (C=O) groups is 1. The van der Waals surface area contributed by atoms with E-state index >= 15 is 0 Å². The number of aryl methyl sites for hydroxylation is 2. The molecule has 0 amide bonds. The van der Waals surface area contributed by atoms with E-state index in [2.05, 4.69) is 37.6 Å². The lowest BCUT2D eigenvalue weighted by atomic mass is 10.1. The van der Waals surface area contributed by atoms with Gasteiger partial charge in [0.15, 0.2) is 0 Å². The van der Waals surface area contributed by atoms with Gasteiger partial charge >= 0.3 is 5.97 Å². The van der Waals surface area contributed by atoms with Gasteiger partial charge in [-0.2, -0.15) is 0 Å². The Morgan fingerprint density at radius 1 is 1.11 bits per heavy atom. The van der Waals surface area contributed by atoms with Crippen molar-refractivity contribution in [2.75, 3.05) is 43.4 Å². The van der Waals surface area contributed by atoms with Gasteiger partial charge in [0.05, 0.1) is 5.69 Å². The van der Waals surface area contributed by atoms with E-state index in [-0.39, 0.29) is 0 Å². The summed E-state index contributed by atoms with van der Waals surface area (Å²) in [7, 11) is 0. The van der Waals surface area contributed by atoms with E-state index < -0.39 is 12.0 Å². The van der Waals surface area contributed by atoms with E-state index in [9.17, 15) is 9.90 Å². The Hall–Kier alpha value is -3.72. The second-order valence-electron chi connectivity index (χ2n) is 9.22. The summed E-state index contributed by atoms with van der Waals surface area (Å²) in [5.41, 5.74) is 3.12. The molecule has 3 aromatic heterocycles. The van der Waals surface area contributed by atoms with Gasteiger partial charge in [0, 0.05) is 50.0 Å². The first-order chi connectivity index (χ1) is 18.2. The van der Waals surface area contributed by atoms with E-state index in [0.29, 0.717) is 37.7 Å². The monoisotopic (exact) mass is 504 g/mol. The Morgan fingerprint density at radius 2 is 2.05 bits per heavy atom. The number of hydrogen-bond donors (Lipinski definition) is 3. The number of nitrogens with one attached hydrogen (secondary N) is 2. The number of aliphatic carboxylic acids is 1. The van der Waals surface area contributed by atoms with Crippen molar-refractivity contribution in [2.45, 2.75) is 44.6 Å². The molecule has 3 aromatic rings. The van der Waals surface area contributed by atoms with Crippen molar-refractivity contribution in [2.24, 2.45) is 0 Å². The Morgan fingerprint density at radius 3 is 2.86 bits per heavy atom. The molecule has 0 fully saturated rings. The van der Waals surface area contributed by atoms with Crippen molar-refractivity contribution in [1.29, 1.82) is 0 Å². The fraction of sp³-hybridized carbons (Fsp3) is 0.429. The number of rotatable bonds is 15. The van der Waals surface area contributed by atoms with Crippen LogP contribution in [0.5, 0.6) is 5.88 Å². The van der Waals surface area contributed by atoms with Crippen LogP contribution in [0.25, 0.3) is 0 Å². The molecule has 1 atom stereocenters. The summed E-state index contributed by atoms with van der Waals surface area (Å²) < 4.78 is 5.80. The first-order valence-electron chi connectivity index (χ1n) is 13.1. The third-order valence-electron chi connectivity index (χ3n) is 6.44. The van der Waals surface area contributed by atoms with E-state index in [1.165, 1.54) is 5.56 Å². The van der Waals surface area contributed by atoms with E-state index in [1.807, 2.05) is 24.3 Å². The molecule has 37 heavy (non-hydrogen) atoms. The molecule has 3 N–H and O–H groups in total. The van der Waals surface area contributed by atoms with Gasteiger partial charge in [0.25, 0.3) is 0 Å². The highest BCUT2D eigenvalue weighted by atomic mass is 16.5. The Labute approximate surface area is 218 Å². The third kappa shape index (κ3) is 8.71. The summed E-state index contributed by atoms with van der Waals surface area (Å²) in [6, 6.07) is 12.8. The molecule has 4 rings (SSSR count). The number of fused-ring (bicyclic) bond motifs is 1. The number of carboxylic acid groups (broad SMARTS) is 1. The van der Waals surface area contributed by atoms with Crippen LogP contribution in [-0.4, -0.2) is 69.8 Å². The van der Waals surface area contributed by atoms with Crippen LogP contribution in [0.2, 0.25) is 0 Å². The normalized spacial score (nSPS) is 13.4. The number of hydrogen-bond acceptors (Lipinski definition) is 8. The standard InChI is InChI=1S/C28H36N6O3/c35-28(36)25(32-24-9-6-14-29-21-24)13-18-34(19-20-37-26-10-1-3-15-30-26)17-4-2-8-23-12-11-22-7-5-16-31-27(22)33-23/h1,3,6,9-12,14-15,21,25,32H,2,4-5,7-8,13,16-20H2,(H,31,33)(H,35,36)/t25-/m0/s1. The Kier molecular flexibility index (Phi) is 10.1. The fourth-order valence-corrected chi connectivity index (χ4v) is 4.42. The minimum atomic E-state index is -0.874. The maximum absolute atomic E-state index is 11.9. The van der Waals surface area contributed by atoms with Crippen LogP contribution in [-0.2, 0) is 17.6 Å². The lowest BCUT2D eigenvalue weighted by Gasteiger charge is -2.24. The molecule has 0 unspecified atom stereocenters. The average Bonchev–Trinajstić information content (AvgIpc) is 2.93. The molecule has 0 saturated carbocycles. The first kappa shape index (κ1) is 26.3. The lowest BCUT2D eigenvalue weighted by Crippen LogP contribution is -2.37. The quantitative estimate of drug-likeness (QED) is 0.265. The van der Waals surface area contributed by atoms with Crippen molar-refractivity contribution in [3.63, 3.8) is 0 Å². The van der Waals surface area contributed by atoms with Crippen LogP contribution in [0.1, 0.15) is 36.9 Å². The molecule has 9 nitrogen and oxygen atoms in total. The Bertz CT molecular complexity index is 1100. The van der Waals surface area contributed by atoms with E-state index in [1.54, 1.807) is 24.7 Å². The van der Waals surface area contributed by atoms with Crippen molar-refractivity contribution in [3.8, 4) is 5.88 Å². The highest BCUT2D eigenvalue weighted by Crippen LogP contribution is 2.20. The number of carboxylic acids is 1. The van der Waals surface area contributed by atoms with Crippen LogP contribution in [0, 0.1) is 0 Å². The first-order valence-corrected chi connectivity index (χ1v) is 13.1. The van der Waals surface area contributed by atoms with Crippen LogP contribution in [0.4, 0.5) is 11.5 Å². The van der Waals surface area contributed by atoms with E-state index in [0.717, 1.165) is 56.7 Å². The predicted molar refractivity (Wildman–Crippen MR) is 144 cm³/mol. The molecule has 0 saturated heterocycles. The van der Waals surface area contributed by atoms with E-state index in [4.69, 9.17) is 9.72 Å². The van der Waals surface area contributed by atoms with Crippen LogP contribution in [0.3, 0.4) is 0 Å². The summed E-state index contributed by atoms with van der Waals surface area (Å²) in [6.07, 6.45) is 10.7. The maximum Gasteiger partial charge on any atom is 0.326 e. The lowest BCUT2D eigenvalue weighted by molar-refractivity contribution is -0.138. The number of anilines is 2. The molecule has 9 heteroatoms.